The molecule has 0 radical (unpaired) electrons. The highest BCUT2D eigenvalue weighted by Gasteiger charge is 2.29. The van der Waals surface area contributed by atoms with E-state index < -0.39 is 23.4 Å². The molecule has 102 valence electrons. The number of amides is 1. The molecule has 0 saturated carbocycles. The van der Waals surface area contributed by atoms with E-state index >= 15 is 0 Å². The monoisotopic (exact) mass is 265 g/mol. The third-order valence-corrected chi connectivity index (χ3v) is 2.34. The first-order valence-corrected chi connectivity index (χ1v) is 5.57. The largest absolute Gasteiger partial charge is 0.480 e. The average molecular weight is 265 g/mol. The second-order valence-electron chi connectivity index (χ2n) is 4.50. The molecule has 0 aliphatic rings. The van der Waals surface area contributed by atoms with Gasteiger partial charge in [0.2, 0.25) is 0 Å². The van der Waals surface area contributed by atoms with Crippen LogP contribution in [0.1, 0.15) is 31.1 Å². The van der Waals surface area contributed by atoms with Crippen molar-refractivity contribution in [1.29, 1.82) is 0 Å². The van der Waals surface area contributed by atoms with Gasteiger partial charge in [-0.05, 0) is 38.1 Å². The molecule has 0 bridgehead atoms. The highest BCUT2D eigenvalue weighted by Crippen LogP contribution is 2.13. The Labute approximate surface area is 110 Å². The lowest BCUT2D eigenvalue weighted by molar-refractivity contribution is -0.143. The zero-order valence-corrected chi connectivity index (χ0v) is 10.9. The molecule has 0 atom stereocenters. The Kier molecular flexibility index (Phi) is 4.26. The topological polar surface area (TPSA) is 92.7 Å². The molecule has 1 aromatic carbocycles. The Balaban J connectivity index is 2.79. The molecule has 1 aromatic rings. The summed E-state index contributed by atoms with van der Waals surface area (Å²) < 4.78 is 4.82. The summed E-state index contributed by atoms with van der Waals surface area (Å²) in [5.74, 6) is -1.77. The van der Waals surface area contributed by atoms with E-state index in [4.69, 9.17) is 9.84 Å². The maximum atomic E-state index is 11.8. The van der Waals surface area contributed by atoms with Gasteiger partial charge in [0.15, 0.2) is 0 Å². The van der Waals surface area contributed by atoms with Crippen molar-refractivity contribution in [2.24, 2.45) is 0 Å². The smallest absolute Gasteiger partial charge is 0.328 e. The quantitative estimate of drug-likeness (QED) is 0.630. The Morgan fingerprint density at radius 1 is 1.16 bits per heavy atom. The van der Waals surface area contributed by atoms with Crippen molar-refractivity contribution in [3.05, 3.63) is 29.8 Å². The predicted molar refractivity (Wildman–Crippen MR) is 66.9 cm³/mol. The van der Waals surface area contributed by atoms with Gasteiger partial charge in [0.25, 0.3) is 5.91 Å². The molecule has 0 heterocycles. The van der Waals surface area contributed by atoms with E-state index in [-0.39, 0.29) is 5.56 Å². The molecule has 0 spiro atoms. The van der Waals surface area contributed by atoms with E-state index in [0.29, 0.717) is 5.75 Å². The molecule has 2 N–H and O–H groups in total. The molecule has 6 heteroatoms. The molecule has 19 heavy (non-hydrogen) atoms. The minimum Gasteiger partial charge on any atom is -0.480 e. The Morgan fingerprint density at radius 3 is 2.11 bits per heavy atom. The van der Waals surface area contributed by atoms with Crippen LogP contribution in [0.3, 0.4) is 0 Å². The maximum absolute atomic E-state index is 11.8. The number of hydrogen-bond donors (Lipinski definition) is 2. The molecular weight excluding hydrogens is 250 g/mol. The second kappa shape index (κ2) is 5.51. The van der Waals surface area contributed by atoms with Gasteiger partial charge in [-0.15, -0.1) is 0 Å². The lowest BCUT2D eigenvalue weighted by Crippen LogP contribution is -2.49. The lowest BCUT2D eigenvalue weighted by Gasteiger charge is -2.20. The van der Waals surface area contributed by atoms with Crippen LogP contribution in [0.25, 0.3) is 0 Å². The predicted octanol–water partition coefficient (Wildman–Crippen LogP) is 1.20. The highest BCUT2D eigenvalue weighted by molar-refractivity contribution is 5.97. The van der Waals surface area contributed by atoms with Crippen LogP contribution in [0.15, 0.2) is 24.3 Å². The Bertz CT molecular complexity index is 504. The summed E-state index contributed by atoms with van der Waals surface area (Å²) in [6.45, 7) is 4.05. The summed E-state index contributed by atoms with van der Waals surface area (Å²) in [7, 11) is 0. The van der Waals surface area contributed by atoms with Gasteiger partial charge in [-0.2, -0.15) is 0 Å². The van der Waals surface area contributed by atoms with Crippen molar-refractivity contribution < 1.29 is 24.2 Å². The normalized spacial score (nSPS) is 10.7. The van der Waals surface area contributed by atoms with E-state index in [9.17, 15) is 14.4 Å². The highest BCUT2D eigenvalue weighted by atomic mass is 16.5. The summed E-state index contributed by atoms with van der Waals surface area (Å²) in [6, 6.07) is 5.82. The Morgan fingerprint density at radius 2 is 1.68 bits per heavy atom. The van der Waals surface area contributed by atoms with Crippen LogP contribution in [0.4, 0.5) is 0 Å². The number of aliphatic carboxylic acids is 1. The van der Waals surface area contributed by atoms with E-state index in [2.05, 4.69) is 5.32 Å². The number of rotatable bonds is 4. The fourth-order valence-corrected chi connectivity index (χ4v) is 1.25. The molecule has 0 fully saturated rings. The van der Waals surface area contributed by atoms with Gasteiger partial charge >= 0.3 is 11.9 Å². The number of esters is 1. The third kappa shape index (κ3) is 4.09. The SMILES string of the molecule is CC(=O)Oc1ccc(C(=O)NC(C)(C)C(=O)O)cc1. The van der Waals surface area contributed by atoms with Gasteiger partial charge < -0.3 is 15.2 Å². The summed E-state index contributed by atoms with van der Waals surface area (Å²) in [6.07, 6.45) is 0. The van der Waals surface area contributed by atoms with Gasteiger partial charge in [0, 0.05) is 12.5 Å². The zero-order valence-electron chi connectivity index (χ0n) is 10.9. The van der Waals surface area contributed by atoms with E-state index in [1.54, 1.807) is 0 Å². The average Bonchev–Trinajstić information content (AvgIpc) is 2.28. The second-order valence-corrected chi connectivity index (χ2v) is 4.50. The number of benzene rings is 1. The van der Waals surface area contributed by atoms with Crippen LogP contribution in [0.2, 0.25) is 0 Å². The zero-order chi connectivity index (χ0) is 14.6. The number of carboxylic acid groups (broad SMARTS) is 1. The van der Waals surface area contributed by atoms with Crippen molar-refractivity contribution in [3.63, 3.8) is 0 Å². The first-order chi connectivity index (χ1) is 8.72. The van der Waals surface area contributed by atoms with Crippen LogP contribution in [0.5, 0.6) is 5.75 Å². The van der Waals surface area contributed by atoms with Crippen molar-refractivity contribution in [2.75, 3.05) is 0 Å². The summed E-state index contributed by atoms with van der Waals surface area (Å²) in [5, 5.41) is 11.3. The number of carbonyl (C=O) groups excluding carboxylic acids is 2. The summed E-state index contributed by atoms with van der Waals surface area (Å²) in [5.41, 5.74) is -1.07. The number of ether oxygens (including phenoxy) is 1. The van der Waals surface area contributed by atoms with Gasteiger partial charge in [-0.3, -0.25) is 9.59 Å². The van der Waals surface area contributed by atoms with Crippen LogP contribution >= 0.6 is 0 Å². The first-order valence-electron chi connectivity index (χ1n) is 5.57. The van der Waals surface area contributed by atoms with Crippen LogP contribution in [-0.2, 0) is 9.59 Å². The molecule has 1 rings (SSSR count). The lowest BCUT2D eigenvalue weighted by atomic mass is 10.1. The molecule has 0 aliphatic carbocycles. The number of hydrogen-bond acceptors (Lipinski definition) is 4. The summed E-state index contributed by atoms with van der Waals surface area (Å²) >= 11 is 0. The molecule has 0 aliphatic heterocycles. The Hall–Kier alpha value is -2.37. The van der Waals surface area contributed by atoms with Crippen molar-refractivity contribution in [1.82, 2.24) is 5.32 Å². The maximum Gasteiger partial charge on any atom is 0.328 e. The van der Waals surface area contributed by atoms with E-state index in [1.807, 2.05) is 0 Å². The van der Waals surface area contributed by atoms with Gasteiger partial charge in [0.05, 0.1) is 0 Å². The van der Waals surface area contributed by atoms with Crippen LogP contribution in [0, 0.1) is 0 Å². The first kappa shape index (κ1) is 14.7. The summed E-state index contributed by atoms with van der Waals surface area (Å²) in [4.78, 5) is 33.4. The van der Waals surface area contributed by atoms with Crippen LogP contribution < -0.4 is 10.1 Å². The van der Waals surface area contributed by atoms with Gasteiger partial charge in [-0.1, -0.05) is 0 Å². The molecule has 0 unspecified atom stereocenters. The minimum absolute atomic E-state index is 0.283. The molecule has 6 nitrogen and oxygen atoms in total. The standard InChI is InChI=1S/C13H15NO5/c1-8(15)19-10-6-4-9(5-7-10)11(16)14-13(2,3)12(17)18/h4-7H,1-3H3,(H,14,16)(H,17,18). The molecule has 0 aromatic heterocycles. The minimum atomic E-state index is -1.36. The fourth-order valence-electron chi connectivity index (χ4n) is 1.25. The molecule has 1 amide bonds. The number of carboxylic acids is 1. The van der Waals surface area contributed by atoms with Gasteiger partial charge in [0.1, 0.15) is 11.3 Å². The number of carbonyl (C=O) groups is 3. The fraction of sp³-hybridized carbons (Fsp3) is 0.308. The number of nitrogens with one attached hydrogen (secondary N) is 1. The molecular formula is C13H15NO5. The van der Waals surface area contributed by atoms with Crippen molar-refractivity contribution >= 4 is 17.8 Å². The van der Waals surface area contributed by atoms with Crippen LogP contribution in [-0.4, -0.2) is 28.5 Å². The van der Waals surface area contributed by atoms with Crippen molar-refractivity contribution in [2.45, 2.75) is 26.3 Å². The van der Waals surface area contributed by atoms with E-state index in [1.165, 1.54) is 45.0 Å². The molecule has 0 saturated heterocycles. The van der Waals surface area contributed by atoms with E-state index in [0.717, 1.165) is 0 Å². The third-order valence-electron chi connectivity index (χ3n) is 2.34. The van der Waals surface area contributed by atoms with Crippen molar-refractivity contribution in [3.8, 4) is 5.75 Å². The van der Waals surface area contributed by atoms with Gasteiger partial charge in [-0.25, -0.2) is 4.79 Å².